The monoisotopic (exact) mass is 573 g/mol. The maximum Gasteiger partial charge on any atom is 0.343 e. The van der Waals surface area contributed by atoms with Gasteiger partial charge in [-0.3, -0.25) is 14.5 Å². The molecule has 1 aliphatic rings. The molecule has 40 heavy (non-hydrogen) atoms. The summed E-state index contributed by atoms with van der Waals surface area (Å²) in [5, 5.41) is 1.73. The number of carbonyl (C=O) groups excluding carboxylic acids is 3. The second-order valence-corrected chi connectivity index (χ2v) is 10.3. The maximum absolute atomic E-state index is 13.0. The first-order chi connectivity index (χ1) is 19.3. The van der Waals surface area contributed by atoms with Crippen molar-refractivity contribution in [1.82, 2.24) is 4.90 Å². The van der Waals surface area contributed by atoms with Crippen LogP contribution in [0.5, 0.6) is 17.2 Å². The predicted molar refractivity (Wildman–Crippen MR) is 156 cm³/mol. The molecule has 0 bridgehead atoms. The van der Waals surface area contributed by atoms with Crippen molar-refractivity contribution < 1.29 is 28.6 Å². The van der Waals surface area contributed by atoms with Crippen LogP contribution in [0.25, 0.3) is 16.8 Å². The normalized spacial score (nSPS) is 14.2. The second-order valence-electron chi connectivity index (χ2n) is 8.95. The number of benzene rings is 4. The number of hydrogen-bond donors (Lipinski definition) is 0. The first kappa shape index (κ1) is 27.3. The van der Waals surface area contributed by atoms with E-state index in [-0.39, 0.29) is 39.8 Å². The van der Waals surface area contributed by atoms with Crippen LogP contribution in [0.2, 0.25) is 5.02 Å². The van der Waals surface area contributed by atoms with Gasteiger partial charge in [0.25, 0.3) is 11.1 Å². The second kappa shape index (κ2) is 11.9. The van der Waals surface area contributed by atoms with Crippen LogP contribution in [-0.4, -0.2) is 42.3 Å². The van der Waals surface area contributed by atoms with Crippen LogP contribution < -0.4 is 14.2 Å². The van der Waals surface area contributed by atoms with Gasteiger partial charge in [-0.25, -0.2) is 4.79 Å². The van der Waals surface area contributed by atoms with E-state index in [0.717, 1.165) is 33.0 Å². The van der Waals surface area contributed by atoms with Gasteiger partial charge >= 0.3 is 5.97 Å². The molecular formula is C31H24ClNO6S. The lowest BCUT2D eigenvalue weighted by Crippen LogP contribution is -2.32. The number of nitrogens with zero attached hydrogens (tertiary/aromatic N) is 1. The van der Waals surface area contributed by atoms with Crippen LogP contribution in [0.4, 0.5) is 4.79 Å². The smallest absolute Gasteiger partial charge is 0.343 e. The minimum Gasteiger partial charge on any atom is -0.493 e. The maximum atomic E-state index is 13.0. The summed E-state index contributed by atoms with van der Waals surface area (Å²) in [5.74, 6) is -0.0562. The van der Waals surface area contributed by atoms with Gasteiger partial charge in [0.2, 0.25) is 0 Å². The van der Waals surface area contributed by atoms with Crippen LogP contribution in [-0.2, 0) is 4.79 Å². The molecule has 1 heterocycles. The van der Waals surface area contributed by atoms with Crippen molar-refractivity contribution in [1.29, 1.82) is 0 Å². The lowest BCUT2D eigenvalue weighted by atomic mass is 10.1. The molecule has 7 nitrogen and oxygen atoms in total. The average molecular weight is 574 g/mol. The van der Waals surface area contributed by atoms with Gasteiger partial charge < -0.3 is 14.2 Å². The molecule has 9 heteroatoms. The lowest BCUT2D eigenvalue weighted by molar-refractivity contribution is -0.123. The lowest BCUT2D eigenvalue weighted by Gasteiger charge is -2.14. The predicted octanol–water partition coefficient (Wildman–Crippen LogP) is 7.14. The van der Waals surface area contributed by atoms with Crippen molar-refractivity contribution in [3.8, 4) is 17.2 Å². The highest BCUT2D eigenvalue weighted by molar-refractivity contribution is 8.18. The van der Waals surface area contributed by atoms with E-state index >= 15 is 0 Å². The topological polar surface area (TPSA) is 82.1 Å². The van der Waals surface area contributed by atoms with Gasteiger partial charge in [-0.1, -0.05) is 65.7 Å². The summed E-state index contributed by atoms with van der Waals surface area (Å²) in [6.45, 7) is 2.17. The molecule has 0 aromatic heterocycles. The van der Waals surface area contributed by atoms with Crippen molar-refractivity contribution in [3.05, 3.63) is 105 Å². The minimum absolute atomic E-state index is 0.0607. The Labute approximate surface area is 240 Å². The van der Waals surface area contributed by atoms with Gasteiger partial charge in [-0.05, 0) is 66.0 Å². The van der Waals surface area contributed by atoms with Gasteiger partial charge in [0.1, 0.15) is 12.4 Å². The molecule has 0 aliphatic carbocycles. The highest BCUT2D eigenvalue weighted by atomic mass is 35.5. The number of halogens is 1. The third-order valence-corrected chi connectivity index (χ3v) is 7.42. The Hall–Kier alpha value is -4.27. The zero-order chi connectivity index (χ0) is 28.2. The summed E-state index contributed by atoms with van der Waals surface area (Å²) < 4.78 is 16.8. The number of imide groups is 1. The van der Waals surface area contributed by atoms with Crippen molar-refractivity contribution >= 4 is 57.3 Å². The Balaban J connectivity index is 1.28. The molecule has 1 fully saturated rings. The van der Waals surface area contributed by atoms with Crippen molar-refractivity contribution in [2.45, 2.75) is 6.92 Å². The number of thioether (sulfide) groups is 1. The average Bonchev–Trinajstić information content (AvgIpc) is 3.21. The fraction of sp³-hybridized carbons (Fsp3) is 0.129. The Kier molecular flexibility index (Phi) is 8.09. The Morgan fingerprint density at radius 1 is 0.975 bits per heavy atom. The first-order valence-corrected chi connectivity index (χ1v) is 13.6. The molecule has 1 aliphatic heterocycles. The zero-order valence-corrected chi connectivity index (χ0v) is 23.3. The summed E-state index contributed by atoms with van der Waals surface area (Å²) in [6, 6.07) is 23.6. The van der Waals surface area contributed by atoms with E-state index in [1.807, 2.05) is 49.4 Å². The fourth-order valence-electron chi connectivity index (χ4n) is 4.18. The molecule has 0 unspecified atom stereocenters. The van der Waals surface area contributed by atoms with Gasteiger partial charge in [0.05, 0.1) is 29.1 Å². The molecule has 0 atom stereocenters. The van der Waals surface area contributed by atoms with Crippen LogP contribution in [0.3, 0.4) is 0 Å². The summed E-state index contributed by atoms with van der Waals surface area (Å²) in [6.07, 6.45) is 1.55. The van der Waals surface area contributed by atoms with E-state index in [0.29, 0.717) is 16.9 Å². The molecular weight excluding hydrogens is 550 g/mol. The third kappa shape index (κ3) is 5.83. The van der Waals surface area contributed by atoms with Gasteiger partial charge in [-0.15, -0.1) is 0 Å². The van der Waals surface area contributed by atoms with Crippen LogP contribution >= 0.6 is 23.4 Å². The number of ether oxygens (including phenoxy) is 3. The number of fused-ring (bicyclic) bond motifs is 1. The van der Waals surface area contributed by atoms with Gasteiger partial charge in [-0.2, -0.15) is 0 Å². The van der Waals surface area contributed by atoms with E-state index in [1.54, 1.807) is 42.5 Å². The molecule has 0 N–H and O–H groups in total. The van der Waals surface area contributed by atoms with E-state index in [2.05, 4.69) is 0 Å². The molecule has 4 aromatic rings. The summed E-state index contributed by atoms with van der Waals surface area (Å²) in [5.41, 5.74) is 1.89. The SMILES string of the molecule is COc1cc(/C=C2\SC(=O)N(CCOc3cccc4ccccc34)C2=O)cc(Cl)c1OC(=O)c1ccc(C)cc1. The first-order valence-electron chi connectivity index (χ1n) is 12.4. The van der Waals surface area contributed by atoms with Crippen molar-refractivity contribution in [2.24, 2.45) is 0 Å². The van der Waals surface area contributed by atoms with Gasteiger partial charge in [0.15, 0.2) is 11.5 Å². The fourth-order valence-corrected chi connectivity index (χ4v) is 5.30. The Bertz CT molecular complexity index is 1640. The van der Waals surface area contributed by atoms with E-state index in [1.165, 1.54) is 7.11 Å². The third-order valence-electron chi connectivity index (χ3n) is 6.23. The Morgan fingerprint density at radius 2 is 1.73 bits per heavy atom. The summed E-state index contributed by atoms with van der Waals surface area (Å²) in [7, 11) is 1.42. The van der Waals surface area contributed by atoms with Crippen molar-refractivity contribution in [3.63, 3.8) is 0 Å². The number of rotatable bonds is 8. The molecule has 5 rings (SSSR count). The molecule has 4 aromatic carbocycles. The molecule has 0 spiro atoms. The molecule has 0 radical (unpaired) electrons. The number of carbonyl (C=O) groups is 3. The van der Waals surface area contributed by atoms with Crippen LogP contribution in [0.1, 0.15) is 21.5 Å². The quantitative estimate of drug-likeness (QED) is 0.126. The number of amides is 2. The molecule has 2 amide bonds. The van der Waals surface area contributed by atoms with Crippen LogP contribution in [0.15, 0.2) is 83.8 Å². The van der Waals surface area contributed by atoms with E-state index in [4.69, 9.17) is 25.8 Å². The molecule has 1 saturated heterocycles. The van der Waals surface area contributed by atoms with E-state index in [9.17, 15) is 14.4 Å². The number of methoxy groups -OCH3 is 1. The van der Waals surface area contributed by atoms with Crippen LogP contribution in [0, 0.1) is 6.92 Å². The molecule has 0 saturated carbocycles. The van der Waals surface area contributed by atoms with Crippen molar-refractivity contribution in [2.75, 3.05) is 20.3 Å². The highest BCUT2D eigenvalue weighted by Gasteiger charge is 2.35. The standard InChI is InChI=1S/C31H24ClNO6S/c1-19-10-12-22(13-11-19)30(35)39-28-24(32)16-20(17-26(28)37-2)18-27-29(34)33(31(36)40-27)14-15-38-25-9-5-7-21-6-3-4-8-23(21)25/h3-13,16-18H,14-15H2,1-2H3/b27-18-. The number of aryl methyl sites for hydroxylation is 1. The summed E-state index contributed by atoms with van der Waals surface area (Å²) in [4.78, 5) is 39.7. The summed E-state index contributed by atoms with van der Waals surface area (Å²) >= 11 is 7.28. The Morgan fingerprint density at radius 3 is 2.50 bits per heavy atom. The number of esters is 1. The van der Waals surface area contributed by atoms with E-state index < -0.39 is 11.9 Å². The largest absolute Gasteiger partial charge is 0.493 e. The van der Waals surface area contributed by atoms with Gasteiger partial charge in [0, 0.05) is 5.39 Å². The minimum atomic E-state index is -0.584. The molecule has 202 valence electrons. The number of hydrogen-bond acceptors (Lipinski definition) is 7. The zero-order valence-electron chi connectivity index (χ0n) is 21.7. The highest BCUT2D eigenvalue weighted by Crippen LogP contribution is 2.39.